The molecule has 0 fully saturated rings. The molecule has 0 aliphatic carbocycles. The van der Waals surface area contributed by atoms with E-state index < -0.39 is 0 Å². The van der Waals surface area contributed by atoms with E-state index in [0.29, 0.717) is 20.9 Å². The van der Waals surface area contributed by atoms with Crippen LogP contribution in [0, 0.1) is 0 Å². The van der Waals surface area contributed by atoms with E-state index in [1.54, 1.807) is 24.5 Å². The second kappa shape index (κ2) is 5.40. The molecular weight excluding hydrogens is 302 g/mol. The monoisotopic (exact) mass is 306 g/mol. The van der Waals surface area contributed by atoms with E-state index >= 15 is 0 Å². The minimum absolute atomic E-state index is 0.273. The summed E-state index contributed by atoms with van der Waals surface area (Å²) in [5.41, 5.74) is 1.50. The summed E-state index contributed by atoms with van der Waals surface area (Å²) in [6, 6.07) is 3.28. The van der Waals surface area contributed by atoms with Crippen molar-refractivity contribution in [2.75, 3.05) is 0 Å². The molecule has 0 unspecified atom stereocenters. The van der Waals surface area contributed by atoms with Crippen molar-refractivity contribution in [3.8, 4) is 11.1 Å². The molecule has 0 N–H and O–H groups in total. The highest BCUT2D eigenvalue weighted by Crippen LogP contribution is 2.34. The van der Waals surface area contributed by atoms with Crippen LogP contribution < -0.4 is 0 Å². The summed E-state index contributed by atoms with van der Waals surface area (Å²) in [7, 11) is 0. The summed E-state index contributed by atoms with van der Waals surface area (Å²) < 4.78 is 0. The van der Waals surface area contributed by atoms with Crippen molar-refractivity contribution < 1.29 is 0 Å². The standard InChI is InChI=1S/C11H6Cl4N2/c12-3-11-16-4-6(5-17-11)7-1-9(14)10(15)2-8(7)13/h1-2,4-5H,3H2. The van der Waals surface area contributed by atoms with Crippen LogP contribution >= 0.6 is 46.4 Å². The highest BCUT2D eigenvalue weighted by Gasteiger charge is 2.09. The summed E-state index contributed by atoms with van der Waals surface area (Å²) in [6.45, 7) is 0. The average molecular weight is 308 g/mol. The Morgan fingerprint density at radius 1 is 0.882 bits per heavy atom. The Morgan fingerprint density at radius 3 is 2.06 bits per heavy atom. The molecule has 1 heterocycles. The maximum Gasteiger partial charge on any atom is 0.142 e. The number of hydrogen-bond donors (Lipinski definition) is 0. The molecule has 0 atom stereocenters. The average Bonchev–Trinajstić information content (AvgIpc) is 2.34. The van der Waals surface area contributed by atoms with Gasteiger partial charge in [0.15, 0.2) is 0 Å². The third-order valence-electron chi connectivity index (χ3n) is 2.15. The van der Waals surface area contributed by atoms with Crippen LogP contribution in [0.1, 0.15) is 5.82 Å². The molecule has 0 aliphatic rings. The van der Waals surface area contributed by atoms with Crippen molar-refractivity contribution in [3.05, 3.63) is 45.4 Å². The Kier molecular flexibility index (Phi) is 4.10. The maximum atomic E-state index is 6.08. The van der Waals surface area contributed by atoms with Gasteiger partial charge in [0.1, 0.15) is 5.82 Å². The van der Waals surface area contributed by atoms with Gasteiger partial charge in [0, 0.05) is 23.5 Å². The molecule has 0 aliphatic heterocycles. The number of hydrogen-bond acceptors (Lipinski definition) is 2. The van der Waals surface area contributed by atoms with Gasteiger partial charge in [-0.2, -0.15) is 0 Å². The second-order valence-corrected chi connectivity index (χ2v) is 4.76. The van der Waals surface area contributed by atoms with E-state index in [1.807, 2.05) is 0 Å². The fourth-order valence-corrected chi connectivity index (χ4v) is 2.10. The highest BCUT2D eigenvalue weighted by molar-refractivity contribution is 6.44. The van der Waals surface area contributed by atoms with E-state index in [1.165, 1.54) is 0 Å². The molecule has 6 heteroatoms. The van der Waals surface area contributed by atoms with Crippen LogP contribution in [0.4, 0.5) is 0 Å². The first-order chi connectivity index (χ1) is 8.11. The Morgan fingerprint density at radius 2 is 1.47 bits per heavy atom. The van der Waals surface area contributed by atoms with E-state index in [4.69, 9.17) is 46.4 Å². The fourth-order valence-electron chi connectivity index (χ4n) is 1.31. The molecular formula is C11H6Cl4N2. The molecule has 0 bridgehead atoms. The van der Waals surface area contributed by atoms with Gasteiger partial charge in [-0.25, -0.2) is 9.97 Å². The summed E-state index contributed by atoms with van der Waals surface area (Å²) in [4.78, 5) is 8.18. The topological polar surface area (TPSA) is 25.8 Å². The Hall–Kier alpha value is -0.540. The zero-order valence-electron chi connectivity index (χ0n) is 8.42. The molecule has 17 heavy (non-hydrogen) atoms. The van der Waals surface area contributed by atoms with Gasteiger partial charge in [-0.3, -0.25) is 0 Å². The lowest BCUT2D eigenvalue weighted by molar-refractivity contribution is 1.03. The smallest absolute Gasteiger partial charge is 0.142 e. The Balaban J connectivity index is 2.48. The van der Waals surface area contributed by atoms with E-state index in [-0.39, 0.29) is 5.88 Å². The van der Waals surface area contributed by atoms with Crippen molar-refractivity contribution in [2.45, 2.75) is 5.88 Å². The van der Waals surface area contributed by atoms with Gasteiger partial charge in [0.2, 0.25) is 0 Å². The molecule has 2 rings (SSSR count). The van der Waals surface area contributed by atoms with Crippen molar-refractivity contribution in [1.82, 2.24) is 9.97 Å². The van der Waals surface area contributed by atoms with Crippen LogP contribution in [0.3, 0.4) is 0 Å². The minimum atomic E-state index is 0.273. The molecule has 2 nitrogen and oxygen atoms in total. The van der Waals surface area contributed by atoms with Gasteiger partial charge in [0.05, 0.1) is 20.9 Å². The number of rotatable bonds is 2. The first-order valence-electron chi connectivity index (χ1n) is 4.63. The van der Waals surface area contributed by atoms with E-state index in [2.05, 4.69) is 9.97 Å². The predicted octanol–water partition coefficient (Wildman–Crippen LogP) is 4.84. The van der Waals surface area contributed by atoms with Gasteiger partial charge in [-0.1, -0.05) is 34.8 Å². The van der Waals surface area contributed by atoms with E-state index in [9.17, 15) is 0 Å². The number of halogens is 4. The van der Waals surface area contributed by atoms with Gasteiger partial charge >= 0.3 is 0 Å². The molecule has 0 saturated carbocycles. The van der Waals surface area contributed by atoms with Crippen LogP contribution in [0.25, 0.3) is 11.1 Å². The van der Waals surface area contributed by atoms with Crippen LogP contribution in [-0.4, -0.2) is 9.97 Å². The largest absolute Gasteiger partial charge is 0.239 e. The molecule has 2 aromatic rings. The zero-order chi connectivity index (χ0) is 12.4. The van der Waals surface area contributed by atoms with Crippen LogP contribution in [0.5, 0.6) is 0 Å². The second-order valence-electron chi connectivity index (χ2n) is 3.27. The van der Waals surface area contributed by atoms with Crippen LogP contribution in [-0.2, 0) is 5.88 Å². The minimum Gasteiger partial charge on any atom is -0.239 e. The molecule has 0 radical (unpaired) electrons. The summed E-state index contributed by atoms with van der Waals surface area (Å²) >= 11 is 23.5. The van der Waals surface area contributed by atoms with Crippen LogP contribution in [0.15, 0.2) is 24.5 Å². The van der Waals surface area contributed by atoms with Crippen molar-refractivity contribution in [2.24, 2.45) is 0 Å². The third-order valence-corrected chi connectivity index (χ3v) is 3.42. The predicted molar refractivity (Wildman–Crippen MR) is 72.1 cm³/mol. The van der Waals surface area contributed by atoms with Crippen molar-refractivity contribution >= 4 is 46.4 Å². The van der Waals surface area contributed by atoms with Gasteiger partial charge in [0.25, 0.3) is 0 Å². The molecule has 0 amide bonds. The molecule has 0 saturated heterocycles. The molecule has 0 spiro atoms. The lowest BCUT2D eigenvalue weighted by Gasteiger charge is -2.06. The molecule has 1 aromatic carbocycles. The first kappa shape index (κ1) is 12.9. The van der Waals surface area contributed by atoms with Crippen LogP contribution in [0.2, 0.25) is 15.1 Å². The summed E-state index contributed by atoms with van der Waals surface area (Å²) in [6.07, 6.45) is 3.30. The van der Waals surface area contributed by atoms with Crippen molar-refractivity contribution in [3.63, 3.8) is 0 Å². The number of alkyl halides is 1. The molecule has 88 valence electrons. The summed E-state index contributed by atoms with van der Waals surface area (Å²) in [5.74, 6) is 0.835. The van der Waals surface area contributed by atoms with Gasteiger partial charge in [-0.15, -0.1) is 11.6 Å². The maximum absolute atomic E-state index is 6.08. The Bertz CT molecular complexity index is 540. The quantitative estimate of drug-likeness (QED) is 0.586. The normalized spacial score (nSPS) is 10.6. The summed E-state index contributed by atoms with van der Waals surface area (Å²) in [5, 5.41) is 1.35. The first-order valence-corrected chi connectivity index (χ1v) is 6.30. The van der Waals surface area contributed by atoms with Crippen molar-refractivity contribution in [1.29, 1.82) is 0 Å². The fraction of sp³-hybridized carbons (Fsp3) is 0.0909. The van der Waals surface area contributed by atoms with Gasteiger partial charge < -0.3 is 0 Å². The number of nitrogens with zero attached hydrogens (tertiary/aromatic N) is 2. The van der Waals surface area contributed by atoms with Gasteiger partial charge in [-0.05, 0) is 12.1 Å². The highest BCUT2D eigenvalue weighted by atomic mass is 35.5. The Labute approximate surface area is 119 Å². The van der Waals surface area contributed by atoms with E-state index in [0.717, 1.165) is 11.1 Å². The molecule has 1 aromatic heterocycles. The number of benzene rings is 1. The SMILES string of the molecule is ClCc1ncc(-c2cc(Cl)c(Cl)cc2Cl)cn1. The lowest BCUT2D eigenvalue weighted by Crippen LogP contribution is -1.91. The number of aromatic nitrogens is 2. The third kappa shape index (κ3) is 2.83. The zero-order valence-corrected chi connectivity index (χ0v) is 11.4. The lowest BCUT2D eigenvalue weighted by atomic mass is 10.1.